The Balaban J connectivity index is 3.86. The summed E-state index contributed by atoms with van der Waals surface area (Å²) in [6.45, 7) is 8.30. The number of hydrogen-bond acceptors (Lipinski definition) is 4. The van der Waals surface area contributed by atoms with Crippen LogP contribution in [0.2, 0.25) is 0 Å². The van der Waals surface area contributed by atoms with Gasteiger partial charge in [-0.15, -0.1) is 0 Å². The summed E-state index contributed by atoms with van der Waals surface area (Å²) in [5.74, 6) is -0.920. The van der Waals surface area contributed by atoms with Gasteiger partial charge in [0.1, 0.15) is 0 Å². The fourth-order valence-electron chi connectivity index (χ4n) is 0.724. The number of esters is 2. The monoisotopic (exact) mass is 200 g/mol. The lowest BCUT2D eigenvalue weighted by Crippen LogP contribution is -2.21. The maximum Gasteiger partial charge on any atom is 0.336 e. The molecule has 0 aromatic rings. The Morgan fingerprint density at radius 3 is 2.36 bits per heavy atom. The van der Waals surface area contributed by atoms with Crippen LogP contribution in [0.25, 0.3) is 0 Å². The summed E-state index contributed by atoms with van der Waals surface area (Å²) in [5.41, 5.74) is 0.281. The molecule has 0 radical (unpaired) electrons. The van der Waals surface area contributed by atoms with E-state index in [0.717, 1.165) is 0 Å². The minimum atomic E-state index is -0.849. The summed E-state index contributed by atoms with van der Waals surface area (Å²) in [5, 5.41) is 0. The molecule has 0 aliphatic rings. The molecule has 0 aromatic heterocycles. The first kappa shape index (κ1) is 12.7. The molecule has 0 aromatic carbocycles. The zero-order valence-corrected chi connectivity index (χ0v) is 8.83. The molecule has 0 aliphatic carbocycles. The zero-order valence-electron chi connectivity index (χ0n) is 8.83. The highest BCUT2D eigenvalue weighted by atomic mass is 16.7. The summed E-state index contributed by atoms with van der Waals surface area (Å²) in [7, 11) is 0. The molecule has 0 saturated carbocycles. The molecule has 14 heavy (non-hydrogen) atoms. The molecule has 0 rings (SSSR count). The first-order valence-corrected chi connectivity index (χ1v) is 4.53. The van der Waals surface area contributed by atoms with Crippen molar-refractivity contribution in [2.45, 2.75) is 39.9 Å². The quantitative estimate of drug-likeness (QED) is 0.385. The molecule has 4 nitrogen and oxygen atoms in total. The molecule has 80 valence electrons. The van der Waals surface area contributed by atoms with Gasteiger partial charge in [-0.2, -0.15) is 0 Å². The predicted octanol–water partition coefficient (Wildman–Crippen LogP) is 1.79. The summed E-state index contributed by atoms with van der Waals surface area (Å²) in [4.78, 5) is 21.9. The third-order valence-corrected chi connectivity index (χ3v) is 1.37. The molecular weight excluding hydrogens is 184 g/mol. The number of carbonyl (C=O) groups excluding carboxylic acids is 2. The van der Waals surface area contributed by atoms with Crippen LogP contribution in [0.1, 0.15) is 33.6 Å². The third-order valence-electron chi connectivity index (χ3n) is 1.37. The van der Waals surface area contributed by atoms with Crippen LogP contribution in [-0.4, -0.2) is 18.2 Å². The first-order valence-electron chi connectivity index (χ1n) is 4.53. The minimum absolute atomic E-state index is 0.281. The molecule has 0 spiro atoms. The molecule has 0 fully saturated rings. The second kappa shape index (κ2) is 6.18. The van der Waals surface area contributed by atoms with Crippen LogP contribution < -0.4 is 0 Å². The van der Waals surface area contributed by atoms with E-state index in [1.165, 1.54) is 13.8 Å². The fourth-order valence-corrected chi connectivity index (χ4v) is 0.724. The molecule has 1 unspecified atom stereocenters. The Labute approximate surface area is 83.9 Å². The maximum absolute atomic E-state index is 11.0. The first-order chi connectivity index (χ1) is 6.47. The molecule has 4 heteroatoms. The predicted molar refractivity (Wildman–Crippen MR) is 51.4 cm³/mol. The zero-order chi connectivity index (χ0) is 11.1. The van der Waals surface area contributed by atoms with Crippen molar-refractivity contribution in [1.29, 1.82) is 0 Å². The van der Waals surface area contributed by atoms with E-state index >= 15 is 0 Å². The Morgan fingerprint density at radius 1 is 1.36 bits per heavy atom. The van der Waals surface area contributed by atoms with Crippen molar-refractivity contribution in [2.24, 2.45) is 0 Å². The normalized spacial score (nSPS) is 11.6. The average molecular weight is 200 g/mol. The Bertz CT molecular complexity index is 232. The number of hydrogen-bond donors (Lipinski definition) is 0. The molecule has 0 bridgehead atoms. The van der Waals surface area contributed by atoms with E-state index < -0.39 is 12.3 Å². The van der Waals surface area contributed by atoms with Gasteiger partial charge in [0.05, 0.1) is 0 Å². The highest BCUT2D eigenvalue weighted by Gasteiger charge is 2.13. The van der Waals surface area contributed by atoms with Crippen molar-refractivity contribution in [3.8, 4) is 0 Å². The SMILES string of the molecule is C=C(C)C(=O)OC(C)OC(=O)CCC. The van der Waals surface area contributed by atoms with E-state index in [2.05, 4.69) is 6.58 Å². The van der Waals surface area contributed by atoms with Crippen LogP contribution in [0, 0.1) is 0 Å². The summed E-state index contributed by atoms with van der Waals surface area (Å²) >= 11 is 0. The maximum atomic E-state index is 11.0. The smallest absolute Gasteiger partial charge is 0.336 e. The van der Waals surface area contributed by atoms with Crippen molar-refractivity contribution < 1.29 is 19.1 Å². The fraction of sp³-hybridized carbons (Fsp3) is 0.600. The Morgan fingerprint density at radius 2 is 1.93 bits per heavy atom. The van der Waals surface area contributed by atoms with Gasteiger partial charge < -0.3 is 9.47 Å². The van der Waals surface area contributed by atoms with Crippen LogP contribution in [0.5, 0.6) is 0 Å². The van der Waals surface area contributed by atoms with Crippen LogP contribution >= 0.6 is 0 Å². The van der Waals surface area contributed by atoms with E-state index in [1.54, 1.807) is 0 Å². The summed E-state index contributed by atoms with van der Waals surface area (Å²) < 4.78 is 9.54. The molecule has 0 N–H and O–H groups in total. The number of rotatable bonds is 5. The van der Waals surface area contributed by atoms with Gasteiger partial charge in [0, 0.05) is 18.9 Å². The molecule has 1 atom stereocenters. The van der Waals surface area contributed by atoms with Gasteiger partial charge in [-0.25, -0.2) is 4.79 Å². The lowest BCUT2D eigenvalue weighted by atomic mass is 10.3. The van der Waals surface area contributed by atoms with Gasteiger partial charge in [-0.1, -0.05) is 13.5 Å². The van der Waals surface area contributed by atoms with E-state index in [-0.39, 0.29) is 11.5 Å². The lowest BCUT2D eigenvalue weighted by Gasteiger charge is -2.13. The van der Waals surface area contributed by atoms with Gasteiger partial charge in [0.25, 0.3) is 0 Å². The molecule has 0 aliphatic heterocycles. The van der Waals surface area contributed by atoms with Crippen molar-refractivity contribution in [2.75, 3.05) is 0 Å². The van der Waals surface area contributed by atoms with Crippen LogP contribution in [0.4, 0.5) is 0 Å². The van der Waals surface area contributed by atoms with E-state index in [4.69, 9.17) is 9.47 Å². The van der Waals surface area contributed by atoms with Gasteiger partial charge >= 0.3 is 11.9 Å². The van der Waals surface area contributed by atoms with E-state index in [0.29, 0.717) is 12.8 Å². The number of carbonyl (C=O) groups is 2. The average Bonchev–Trinajstić information content (AvgIpc) is 2.03. The minimum Gasteiger partial charge on any atom is -0.425 e. The Hall–Kier alpha value is -1.32. The van der Waals surface area contributed by atoms with E-state index in [1.807, 2.05) is 6.92 Å². The van der Waals surface area contributed by atoms with Crippen LogP contribution in [0.3, 0.4) is 0 Å². The molecule has 0 saturated heterocycles. The van der Waals surface area contributed by atoms with Crippen LogP contribution in [0.15, 0.2) is 12.2 Å². The lowest BCUT2D eigenvalue weighted by molar-refractivity contribution is -0.181. The number of ether oxygens (including phenoxy) is 2. The van der Waals surface area contributed by atoms with Crippen LogP contribution in [-0.2, 0) is 19.1 Å². The van der Waals surface area contributed by atoms with Gasteiger partial charge in [0.2, 0.25) is 6.29 Å². The van der Waals surface area contributed by atoms with E-state index in [9.17, 15) is 9.59 Å². The summed E-state index contributed by atoms with van der Waals surface area (Å²) in [6, 6.07) is 0. The van der Waals surface area contributed by atoms with Crippen molar-refractivity contribution in [1.82, 2.24) is 0 Å². The molecule has 0 amide bonds. The third kappa shape index (κ3) is 5.35. The highest BCUT2D eigenvalue weighted by molar-refractivity contribution is 5.87. The Kier molecular flexibility index (Phi) is 5.60. The topological polar surface area (TPSA) is 52.6 Å². The largest absolute Gasteiger partial charge is 0.425 e. The van der Waals surface area contributed by atoms with Crippen molar-refractivity contribution >= 4 is 11.9 Å². The second-order valence-corrected chi connectivity index (χ2v) is 2.99. The van der Waals surface area contributed by atoms with Gasteiger partial charge in [0.15, 0.2) is 0 Å². The molecule has 0 heterocycles. The van der Waals surface area contributed by atoms with Gasteiger partial charge in [-0.05, 0) is 13.3 Å². The molecular formula is C10H16O4. The van der Waals surface area contributed by atoms with Gasteiger partial charge in [-0.3, -0.25) is 4.79 Å². The highest BCUT2D eigenvalue weighted by Crippen LogP contribution is 2.02. The van der Waals surface area contributed by atoms with Crippen molar-refractivity contribution in [3.63, 3.8) is 0 Å². The standard InChI is InChI=1S/C10H16O4/c1-5-6-9(11)13-8(4)14-10(12)7(2)3/h8H,2,5-6H2,1,3-4H3. The summed E-state index contributed by atoms with van der Waals surface area (Å²) in [6.07, 6.45) is 0.188. The second-order valence-electron chi connectivity index (χ2n) is 2.99. The van der Waals surface area contributed by atoms with Crippen molar-refractivity contribution in [3.05, 3.63) is 12.2 Å².